The summed E-state index contributed by atoms with van der Waals surface area (Å²) in [7, 11) is 1.96. The van der Waals surface area contributed by atoms with Gasteiger partial charge in [-0.3, -0.25) is 19.8 Å². The van der Waals surface area contributed by atoms with E-state index in [-0.39, 0.29) is 56.8 Å². The molecule has 0 aromatic heterocycles. The van der Waals surface area contributed by atoms with Crippen LogP contribution in [-0.4, -0.2) is 145 Å². The number of hydrazine groups is 1. The number of aliphatic hydroxyl groups excluding tert-OH is 2. The number of benzene rings is 3. The normalized spacial score (nSPS) is 14.9. The van der Waals surface area contributed by atoms with Crippen molar-refractivity contribution in [1.29, 1.82) is 0 Å². The number of carbonyl (C=O) groups is 7. The van der Waals surface area contributed by atoms with Gasteiger partial charge in [0.2, 0.25) is 11.8 Å². The molecule has 562 valence electrons. The Morgan fingerprint density at radius 2 is 0.888 bits per heavy atom. The molecule has 1 heterocycles. The van der Waals surface area contributed by atoms with Crippen LogP contribution in [0.4, 0.5) is 45.5 Å². The number of hydrogen-bond acceptors (Lipinski definition) is 16. The van der Waals surface area contributed by atoms with Gasteiger partial charge in [0.1, 0.15) is 35.0 Å². The van der Waals surface area contributed by atoms with E-state index in [9.17, 15) is 70.1 Å². The van der Waals surface area contributed by atoms with Crippen LogP contribution in [0.25, 0.3) is 0 Å². The number of halogens is 11. The summed E-state index contributed by atoms with van der Waals surface area (Å²) >= 11 is 10.9. The van der Waals surface area contributed by atoms with Crippen LogP contribution in [-0.2, 0) is 62.1 Å². The summed E-state index contributed by atoms with van der Waals surface area (Å²) in [4.78, 5) is 80.2. The molecule has 1 aliphatic rings. The van der Waals surface area contributed by atoms with Gasteiger partial charge in [0.15, 0.2) is 0 Å². The summed E-state index contributed by atoms with van der Waals surface area (Å²) in [6.07, 6.45) is -11.3. The maximum Gasteiger partial charge on any atom is 0.421 e. The van der Waals surface area contributed by atoms with Gasteiger partial charge in [-0.2, -0.15) is 26.3 Å². The monoisotopic (exact) mass is 1970 g/mol. The lowest BCUT2D eigenvalue weighted by Crippen LogP contribution is -2.61. The number of alkyl halides is 6. The molecule has 11 N–H and O–H groups in total. The van der Waals surface area contributed by atoms with Gasteiger partial charge < -0.3 is 65.6 Å². The third kappa shape index (κ3) is 41.4. The van der Waals surface area contributed by atoms with Crippen molar-refractivity contribution in [3.8, 4) is 0 Å². The second-order valence-corrected chi connectivity index (χ2v) is 29.6. The van der Waals surface area contributed by atoms with Gasteiger partial charge in [0, 0.05) is 47.9 Å². The third-order valence-corrected chi connectivity index (χ3v) is 15.7. The molecule has 0 radical (unpaired) electrons. The number of nitrogens with one attached hydrogen (secondary N) is 5. The van der Waals surface area contributed by atoms with Gasteiger partial charge in [-0.1, -0.05) is 57.7 Å². The van der Waals surface area contributed by atoms with Crippen LogP contribution in [0.1, 0.15) is 147 Å². The lowest BCUT2D eigenvalue weighted by atomic mass is 9.82. The second kappa shape index (κ2) is 46.0. The maximum absolute atomic E-state index is 13.5. The minimum absolute atomic E-state index is 0. The minimum Gasteiger partial charge on any atom is -0.460 e. The van der Waals surface area contributed by atoms with Crippen molar-refractivity contribution >= 4 is 147 Å². The molecule has 0 spiro atoms. The highest BCUT2D eigenvalue weighted by atomic mass is 128. The first-order valence-electron chi connectivity index (χ1n) is 30.0. The van der Waals surface area contributed by atoms with Gasteiger partial charge >= 0.3 is 42.7 Å². The van der Waals surface area contributed by atoms with Crippen LogP contribution < -0.4 is 38.3 Å². The van der Waals surface area contributed by atoms with E-state index < -0.39 is 100 Å². The van der Waals surface area contributed by atoms with Crippen molar-refractivity contribution in [2.75, 3.05) is 20.8 Å². The fraction of sp³-hybridized carbons (Fsp3) is 0.615. The Hall–Kier alpha value is -3.78. The number of carbonyl (C=O) groups excluding carboxylic acids is 7. The lowest BCUT2D eigenvalue weighted by Gasteiger charge is -2.36. The Kier molecular flexibility index (Phi) is 46.2. The number of amides is 6. The van der Waals surface area contributed by atoms with Crippen LogP contribution in [0.15, 0.2) is 72.8 Å². The van der Waals surface area contributed by atoms with Crippen LogP contribution in [0, 0.1) is 27.5 Å². The molecule has 0 aliphatic carbocycles. The molecule has 33 heteroatoms. The van der Waals surface area contributed by atoms with E-state index in [0.717, 1.165) is 63.0 Å². The topological polar surface area (TPSA) is 331 Å². The van der Waals surface area contributed by atoms with Crippen molar-refractivity contribution in [2.45, 2.75) is 221 Å². The van der Waals surface area contributed by atoms with Crippen molar-refractivity contribution in [1.82, 2.24) is 26.7 Å². The summed E-state index contributed by atoms with van der Waals surface area (Å²) in [5.74, 6) is 2.06. The molecule has 98 heavy (non-hydrogen) atoms. The molecule has 4 rings (SSSR count). The molecule has 1 aliphatic heterocycles. The molecule has 6 amide bonds. The average molecular weight is 1970 g/mol. The van der Waals surface area contributed by atoms with E-state index in [1.807, 2.05) is 108 Å². The number of aliphatic hydroxyl groups is 2. The van der Waals surface area contributed by atoms with E-state index in [4.69, 9.17) is 30.5 Å². The number of ether oxygens (including phenoxy) is 6. The number of methoxy groups -OCH3 is 2. The molecular formula is C65H100F6I5N7O15. The van der Waals surface area contributed by atoms with E-state index in [0.29, 0.717) is 19.4 Å². The van der Waals surface area contributed by atoms with Crippen molar-refractivity contribution in [3.05, 3.63) is 100 Å². The maximum atomic E-state index is 13.5. The Morgan fingerprint density at radius 3 is 1.20 bits per heavy atom. The van der Waals surface area contributed by atoms with Crippen molar-refractivity contribution in [3.63, 3.8) is 0 Å². The number of primary amides is 1. The molecular weight excluding hydrogens is 1870 g/mol. The highest BCUT2D eigenvalue weighted by Gasteiger charge is 2.57. The molecule has 3 aromatic rings. The van der Waals surface area contributed by atoms with Gasteiger partial charge in [-0.25, -0.2) is 25.0 Å². The third-order valence-electron chi connectivity index (χ3n) is 13.5. The Labute approximate surface area is 637 Å². The zero-order valence-corrected chi connectivity index (χ0v) is 68.3. The lowest BCUT2D eigenvalue weighted by molar-refractivity contribution is -0.220. The number of alkyl carbamates (subject to hydrolysis) is 3. The highest BCUT2D eigenvalue weighted by molar-refractivity contribution is 15.0. The Morgan fingerprint density at radius 1 is 0.541 bits per heavy atom. The summed E-state index contributed by atoms with van der Waals surface area (Å²) < 4.78 is 111. The standard InChI is InChI=1S/C19H26F3IN2O4.C17H25IO3.C15H20INO3.C8H13F3N2O3.C5H12N2O2.CH4.I2/c1-5-14(26)13(10-11-6-8-12(23)9-7-11)24-16(27)15(25-17(28)29-4)18(2,3)19(20,21)22;1-5-15(19)13(11-16(20)21-17(2,3)4)10-12-6-8-14(18)9-7-12;1-15(2,3)20-14(18)17-12(13-9-19-13)8-10-4-6-11(16)7-5-10;1-7(2,8(9,10)11)4(5(12)14)13-6(15)16-3;1-5(2,3)9-4(8)7-6;;1-2/h6-9,13-15,26H,5,10H2,1-4H3,(H,24,27)(H,25,28);6-9,13,15,19H,5,10-11H2,1-4H3;4-7,12-13H,8-9H2,1-3H3,(H,17,18);4H,1-3H3,(H2,12,14)(H,13,15);6H2,1-3H3,(H,7,8);1H4;/t13-,14-,15+;13-,15+;12-,13-;4-;;;/m0101.../s1. The molecule has 22 nitrogen and oxygen atoms in total. The van der Waals surface area contributed by atoms with Gasteiger partial charge in [0.25, 0.3) is 0 Å². The van der Waals surface area contributed by atoms with Crippen LogP contribution in [0.2, 0.25) is 0 Å². The largest absolute Gasteiger partial charge is 0.460 e. The van der Waals surface area contributed by atoms with Crippen molar-refractivity contribution < 1.29 is 98.5 Å². The molecule has 8 atom stereocenters. The Balaban J connectivity index is -0.00000118. The molecule has 0 bridgehead atoms. The second-order valence-electron chi connectivity index (χ2n) is 25.9. The molecule has 1 saturated heterocycles. The number of epoxide rings is 1. The summed E-state index contributed by atoms with van der Waals surface area (Å²) in [5.41, 5.74) is 3.30. The fourth-order valence-electron chi connectivity index (χ4n) is 7.97. The molecule has 3 aromatic carbocycles. The molecule has 0 unspecified atom stereocenters. The summed E-state index contributed by atoms with van der Waals surface area (Å²) in [5, 5.41) is 29.6. The highest BCUT2D eigenvalue weighted by Crippen LogP contribution is 2.42. The quantitative estimate of drug-likeness (QED) is 0.00699. The van der Waals surface area contributed by atoms with Crippen LogP contribution >= 0.6 is 105 Å². The van der Waals surface area contributed by atoms with E-state index in [1.165, 1.54) is 12.7 Å². The summed E-state index contributed by atoms with van der Waals surface area (Å²) in [6, 6.07) is 19.1. The Bertz CT molecular complexity index is 2860. The number of hydrogen-bond donors (Lipinski definition) is 9. The number of rotatable bonds is 21. The van der Waals surface area contributed by atoms with Crippen LogP contribution in [0.5, 0.6) is 0 Å². The zero-order chi connectivity index (χ0) is 75.8. The average Bonchev–Trinajstić information content (AvgIpc) is 1.01. The van der Waals surface area contributed by atoms with Crippen molar-refractivity contribution in [2.24, 2.45) is 28.3 Å². The first-order chi connectivity index (χ1) is 44.4. The molecule has 1 fully saturated rings. The summed E-state index contributed by atoms with van der Waals surface area (Å²) in [6.45, 7) is 23.9. The fourth-order valence-corrected chi connectivity index (χ4v) is 9.05. The van der Waals surface area contributed by atoms with E-state index >= 15 is 0 Å². The van der Waals surface area contributed by atoms with E-state index in [1.54, 1.807) is 33.0 Å². The van der Waals surface area contributed by atoms with Gasteiger partial charge in [0.05, 0.1) is 62.4 Å². The first kappa shape index (κ1) is 98.4. The minimum atomic E-state index is -4.77. The predicted octanol–water partition coefficient (Wildman–Crippen LogP) is 14.1. The van der Waals surface area contributed by atoms with Crippen LogP contribution in [0.3, 0.4) is 0 Å². The SMILES string of the molecule is C.CC(C)(C)OC(=O)NN.CC(C)(C)OC(=O)N[C@@H](Cc1ccc(I)cc1)[C@@H]1CO1.CC[C@H](O)[C@@H](CC(=O)OC(C)(C)C)Cc1ccc(I)cc1.CC[C@H](O)[C@H](Cc1ccc(I)cc1)NC(=O)[C@@H](NC(=O)OC)C(C)(C)C(F)(F)F.COC(=O)N[C@H](C(N)=O)C(C)(C)C(F)(F)F.II. The smallest absolute Gasteiger partial charge is 0.421 e. The number of esters is 1. The number of nitrogens with two attached hydrogens (primary N) is 2. The molecule has 0 saturated carbocycles. The first-order valence-corrected chi connectivity index (χ1v) is 39.6. The van der Waals surface area contributed by atoms with Gasteiger partial charge in [-0.05, 0) is 249 Å². The zero-order valence-electron chi connectivity index (χ0n) is 57.5. The predicted molar refractivity (Wildman–Crippen MR) is 406 cm³/mol. The van der Waals surface area contributed by atoms with E-state index in [2.05, 4.69) is 149 Å². The van der Waals surface area contributed by atoms with Gasteiger partial charge in [-0.15, -0.1) is 0 Å².